The minimum Gasteiger partial charge on any atom is -0.505 e. The normalized spacial score (nSPS) is 11.0. The Hall–Kier alpha value is -2.92. The van der Waals surface area contributed by atoms with Crippen molar-refractivity contribution in [2.75, 3.05) is 0 Å². The van der Waals surface area contributed by atoms with Crippen LogP contribution >= 0.6 is 11.6 Å². The van der Waals surface area contributed by atoms with Crippen LogP contribution in [-0.4, -0.2) is 22.2 Å². The third-order valence-corrected chi connectivity index (χ3v) is 3.56. The molecule has 3 rings (SSSR count). The Morgan fingerprint density at radius 1 is 1.22 bits per heavy atom. The summed E-state index contributed by atoms with van der Waals surface area (Å²) in [5.41, 5.74) is 3.65. The summed E-state index contributed by atoms with van der Waals surface area (Å²) in [6.07, 6.45) is 2.90. The quantitative estimate of drug-likeness (QED) is 0.573. The van der Waals surface area contributed by atoms with E-state index in [0.29, 0.717) is 27.1 Å². The summed E-state index contributed by atoms with van der Waals surface area (Å²) in [5.74, 6) is -0.380. The SMILES string of the molecule is O=C(N/N=C\c1cc(Cl)c2cccnc2c1O)c1ccccc1. The van der Waals surface area contributed by atoms with Crippen molar-refractivity contribution >= 4 is 34.6 Å². The molecule has 2 aromatic carbocycles. The molecule has 0 fully saturated rings. The van der Waals surface area contributed by atoms with Crippen LogP contribution in [0.5, 0.6) is 5.75 Å². The smallest absolute Gasteiger partial charge is 0.271 e. The van der Waals surface area contributed by atoms with Gasteiger partial charge in [-0.15, -0.1) is 0 Å². The number of hydrogen-bond donors (Lipinski definition) is 2. The Morgan fingerprint density at radius 3 is 2.78 bits per heavy atom. The van der Waals surface area contributed by atoms with Crippen molar-refractivity contribution in [1.29, 1.82) is 0 Å². The summed E-state index contributed by atoms with van der Waals surface area (Å²) in [6, 6.07) is 13.8. The van der Waals surface area contributed by atoms with E-state index in [4.69, 9.17) is 11.6 Å². The van der Waals surface area contributed by atoms with E-state index < -0.39 is 0 Å². The van der Waals surface area contributed by atoms with E-state index in [1.54, 1.807) is 48.7 Å². The van der Waals surface area contributed by atoms with Gasteiger partial charge in [-0.25, -0.2) is 5.43 Å². The van der Waals surface area contributed by atoms with Gasteiger partial charge >= 0.3 is 0 Å². The number of aromatic nitrogens is 1. The molecule has 0 saturated carbocycles. The number of nitrogens with zero attached hydrogens (tertiary/aromatic N) is 2. The molecular formula is C17H12ClN3O2. The van der Waals surface area contributed by atoms with Crippen LogP contribution in [0.25, 0.3) is 10.9 Å². The number of pyridine rings is 1. The summed E-state index contributed by atoms with van der Waals surface area (Å²) in [4.78, 5) is 16.0. The maximum absolute atomic E-state index is 11.9. The molecule has 5 nitrogen and oxygen atoms in total. The zero-order chi connectivity index (χ0) is 16.2. The zero-order valence-electron chi connectivity index (χ0n) is 11.9. The first kappa shape index (κ1) is 15.0. The number of fused-ring (bicyclic) bond motifs is 1. The van der Waals surface area contributed by atoms with E-state index in [1.165, 1.54) is 6.21 Å². The molecule has 0 atom stereocenters. The van der Waals surface area contributed by atoms with Gasteiger partial charge in [0.15, 0.2) is 5.75 Å². The summed E-state index contributed by atoms with van der Waals surface area (Å²) in [6.45, 7) is 0. The van der Waals surface area contributed by atoms with Crippen molar-refractivity contribution in [3.63, 3.8) is 0 Å². The van der Waals surface area contributed by atoms with Gasteiger partial charge < -0.3 is 5.11 Å². The summed E-state index contributed by atoms with van der Waals surface area (Å²) < 4.78 is 0. The molecule has 1 aromatic heterocycles. The molecule has 1 amide bonds. The Labute approximate surface area is 137 Å². The number of aromatic hydroxyl groups is 1. The number of phenolic OH excluding ortho intramolecular Hbond substituents is 1. The molecular weight excluding hydrogens is 314 g/mol. The van der Waals surface area contributed by atoms with Gasteiger partial charge in [-0.1, -0.05) is 29.8 Å². The molecule has 0 unspecified atom stereocenters. The predicted molar refractivity (Wildman–Crippen MR) is 89.9 cm³/mol. The molecule has 3 aromatic rings. The van der Waals surface area contributed by atoms with Crippen LogP contribution in [0.2, 0.25) is 5.02 Å². The van der Waals surface area contributed by atoms with Crippen molar-refractivity contribution < 1.29 is 9.90 Å². The average molecular weight is 326 g/mol. The Morgan fingerprint density at radius 2 is 2.00 bits per heavy atom. The number of phenols is 1. The van der Waals surface area contributed by atoms with Crippen LogP contribution < -0.4 is 5.43 Å². The number of carbonyl (C=O) groups excluding carboxylic acids is 1. The van der Waals surface area contributed by atoms with Crippen molar-refractivity contribution in [2.45, 2.75) is 0 Å². The number of amides is 1. The summed E-state index contributed by atoms with van der Waals surface area (Å²) >= 11 is 6.17. The van der Waals surface area contributed by atoms with Crippen LogP contribution in [0.15, 0.2) is 59.8 Å². The molecule has 114 valence electrons. The monoisotopic (exact) mass is 325 g/mol. The second-order valence-corrected chi connectivity index (χ2v) is 5.17. The molecule has 0 aliphatic carbocycles. The predicted octanol–water partition coefficient (Wildman–Crippen LogP) is 3.36. The minimum absolute atomic E-state index is 0.0392. The van der Waals surface area contributed by atoms with Crippen molar-refractivity contribution in [3.8, 4) is 5.75 Å². The van der Waals surface area contributed by atoms with Gasteiger partial charge in [0.2, 0.25) is 0 Å². The number of carbonyl (C=O) groups is 1. The highest BCUT2D eigenvalue weighted by Crippen LogP contribution is 2.31. The number of nitrogens with one attached hydrogen (secondary N) is 1. The Balaban J connectivity index is 1.84. The highest BCUT2D eigenvalue weighted by atomic mass is 35.5. The second-order valence-electron chi connectivity index (χ2n) is 4.76. The lowest BCUT2D eigenvalue weighted by Gasteiger charge is -2.05. The zero-order valence-corrected chi connectivity index (χ0v) is 12.7. The van der Waals surface area contributed by atoms with Crippen LogP contribution in [0.4, 0.5) is 0 Å². The van der Waals surface area contributed by atoms with E-state index in [2.05, 4.69) is 15.5 Å². The van der Waals surface area contributed by atoms with Crippen molar-refractivity contribution in [3.05, 3.63) is 70.9 Å². The molecule has 2 N–H and O–H groups in total. The third kappa shape index (κ3) is 3.14. The van der Waals surface area contributed by atoms with Gasteiger partial charge in [0.05, 0.1) is 11.2 Å². The number of halogens is 1. The van der Waals surface area contributed by atoms with Crippen LogP contribution in [0.1, 0.15) is 15.9 Å². The lowest BCUT2D eigenvalue weighted by molar-refractivity contribution is 0.0955. The van der Waals surface area contributed by atoms with Crippen LogP contribution in [0, 0.1) is 0 Å². The lowest BCUT2D eigenvalue weighted by atomic mass is 10.1. The minimum atomic E-state index is -0.341. The first-order valence-corrected chi connectivity index (χ1v) is 7.19. The van der Waals surface area contributed by atoms with E-state index in [0.717, 1.165) is 0 Å². The van der Waals surface area contributed by atoms with Crippen molar-refractivity contribution in [1.82, 2.24) is 10.4 Å². The van der Waals surface area contributed by atoms with E-state index in [9.17, 15) is 9.90 Å². The highest BCUT2D eigenvalue weighted by Gasteiger charge is 2.10. The maximum atomic E-state index is 11.9. The van der Waals surface area contributed by atoms with Crippen LogP contribution in [0.3, 0.4) is 0 Å². The van der Waals surface area contributed by atoms with E-state index in [1.807, 2.05) is 6.07 Å². The number of hydrazone groups is 1. The molecule has 0 saturated heterocycles. The van der Waals surface area contributed by atoms with Gasteiger partial charge in [-0.05, 0) is 30.3 Å². The molecule has 0 spiro atoms. The molecule has 0 aliphatic rings. The van der Waals surface area contributed by atoms with E-state index in [-0.39, 0.29) is 11.7 Å². The fraction of sp³-hybridized carbons (Fsp3) is 0. The first-order chi connectivity index (χ1) is 11.2. The third-order valence-electron chi connectivity index (χ3n) is 3.25. The average Bonchev–Trinajstić information content (AvgIpc) is 2.60. The largest absolute Gasteiger partial charge is 0.505 e. The molecule has 0 aliphatic heterocycles. The Kier molecular flexibility index (Phi) is 4.21. The van der Waals surface area contributed by atoms with Crippen molar-refractivity contribution in [2.24, 2.45) is 5.10 Å². The van der Waals surface area contributed by atoms with Gasteiger partial charge in [0.25, 0.3) is 5.91 Å². The maximum Gasteiger partial charge on any atom is 0.271 e. The number of rotatable bonds is 3. The fourth-order valence-corrected chi connectivity index (χ4v) is 2.39. The van der Waals surface area contributed by atoms with Gasteiger partial charge in [0, 0.05) is 22.7 Å². The number of hydrogen-bond acceptors (Lipinski definition) is 4. The molecule has 0 bridgehead atoms. The summed E-state index contributed by atoms with van der Waals surface area (Å²) in [5, 5.41) is 15.2. The van der Waals surface area contributed by atoms with Gasteiger partial charge in [-0.2, -0.15) is 5.10 Å². The van der Waals surface area contributed by atoms with Gasteiger partial charge in [0.1, 0.15) is 5.52 Å². The summed E-state index contributed by atoms with van der Waals surface area (Å²) in [7, 11) is 0. The second kappa shape index (κ2) is 6.46. The topological polar surface area (TPSA) is 74.6 Å². The molecule has 23 heavy (non-hydrogen) atoms. The lowest BCUT2D eigenvalue weighted by Crippen LogP contribution is -2.17. The first-order valence-electron chi connectivity index (χ1n) is 6.81. The van der Waals surface area contributed by atoms with Crippen LogP contribution in [-0.2, 0) is 0 Å². The number of benzene rings is 2. The van der Waals surface area contributed by atoms with E-state index >= 15 is 0 Å². The highest BCUT2D eigenvalue weighted by molar-refractivity contribution is 6.36. The Bertz CT molecular complexity index is 895. The molecule has 6 heteroatoms. The van der Waals surface area contributed by atoms with Gasteiger partial charge in [-0.3, -0.25) is 9.78 Å². The fourth-order valence-electron chi connectivity index (χ4n) is 2.12. The molecule has 1 heterocycles. The molecule has 0 radical (unpaired) electrons. The standard InChI is InChI=1S/C17H12ClN3O2/c18-14-9-12(16(22)15-13(14)7-4-8-19-15)10-20-21-17(23)11-5-2-1-3-6-11/h1-10,22H,(H,21,23)/b20-10-.